The van der Waals surface area contributed by atoms with Crippen molar-refractivity contribution in [3.05, 3.63) is 54.1 Å². The van der Waals surface area contributed by atoms with E-state index >= 15 is 0 Å². The van der Waals surface area contributed by atoms with Gasteiger partial charge in [-0.25, -0.2) is 13.8 Å². The summed E-state index contributed by atoms with van der Waals surface area (Å²) in [6.45, 7) is 4.41. The number of para-hydroxylation sites is 1. The monoisotopic (exact) mass is 442 g/mol. The van der Waals surface area contributed by atoms with Gasteiger partial charge in [-0.05, 0) is 49.2 Å². The molecule has 5 rings (SSSR count). The Balaban J connectivity index is 1.16. The maximum Gasteiger partial charge on any atom is 0.225 e. The molecule has 0 spiro atoms. The largest absolute Gasteiger partial charge is 0.368 e. The minimum atomic E-state index is -0.287. The maximum atomic E-state index is 13.9. The molecule has 2 aromatic carbocycles. The summed E-state index contributed by atoms with van der Waals surface area (Å²) in [6.07, 6.45) is 1.57. The smallest absolute Gasteiger partial charge is 0.225 e. The lowest BCUT2D eigenvalue weighted by atomic mass is 9.95. The minimum absolute atomic E-state index is 0.0275. The van der Waals surface area contributed by atoms with Crippen molar-refractivity contribution in [2.45, 2.75) is 12.8 Å². The van der Waals surface area contributed by atoms with Crippen LogP contribution >= 0.6 is 11.3 Å². The molecule has 2 saturated heterocycles. The minimum Gasteiger partial charge on any atom is -0.368 e. The molecule has 2 aliphatic heterocycles. The van der Waals surface area contributed by atoms with Crippen LogP contribution in [-0.2, 0) is 4.79 Å². The van der Waals surface area contributed by atoms with Gasteiger partial charge in [-0.3, -0.25) is 4.79 Å². The van der Waals surface area contributed by atoms with E-state index in [0.717, 1.165) is 54.5 Å². The topological polar surface area (TPSA) is 39.7 Å². The Bertz CT molecular complexity index is 1070. The van der Waals surface area contributed by atoms with E-state index in [4.69, 9.17) is 0 Å². The molecule has 162 valence electrons. The van der Waals surface area contributed by atoms with Crippen molar-refractivity contribution >= 4 is 38.3 Å². The number of halogens is 2. The number of hydrogen-bond donors (Lipinski definition) is 0. The molecular formula is C23H24F2N4OS. The van der Waals surface area contributed by atoms with Crippen LogP contribution in [0.2, 0.25) is 0 Å². The molecule has 2 fully saturated rings. The van der Waals surface area contributed by atoms with E-state index in [2.05, 4.69) is 14.8 Å². The van der Waals surface area contributed by atoms with Crippen LogP contribution < -0.4 is 9.80 Å². The number of piperidine rings is 1. The Kier molecular flexibility index (Phi) is 5.48. The lowest BCUT2D eigenvalue weighted by Crippen LogP contribution is -2.51. The van der Waals surface area contributed by atoms with Crippen LogP contribution in [0.4, 0.5) is 19.6 Å². The summed E-state index contributed by atoms with van der Waals surface area (Å²) in [5.74, 6) is -0.266. The zero-order valence-electron chi connectivity index (χ0n) is 17.1. The molecular weight excluding hydrogens is 418 g/mol. The molecule has 0 N–H and O–H groups in total. The molecule has 0 radical (unpaired) electrons. The summed E-state index contributed by atoms with van der Waals surface area (Å²) in [4.78, 5) is 23.9. The molecule has 3 aromatic rings. The molecule has 2 aliphatic rings. The van der Waals surface area contributed by atoms with Gasteiger partial charge in [-0.2, -0.15) is 0 Å². The highest BCUT2D eigenvalue weighted by molar-refractivity contribution is 7.22. The standard InChI is InChI=1S/C23H24F2N4OS/c24-17-4-6-18(7-5-17)27-12-14-28(15-13-27)22(30)16-8-10-29(11-9-16)23-26-21-19(25)2-1-3-20(21)31-23/h1-7,16H,8-15H2. The Morgan fingerprint density at radius 1 is 0.903 bits per heavy atom. The lowest BCUT2D eigenvalue weighted by Gasteiger charge is -2.39. The van der Waals surface area contributed by atoms with E-state index in [0.29, 0.717) is 18.6 Å². The summed E-state index contributed by atoms with van der Waals surface area (Å²) < 4.78 is 27.9. The number of aromatic nitrogens is 1. The summed E-state index contributed by atoms with van der Waals surface area (Å²) in [7, 11) is 0. The van der Waals surface area contributed by atoms with Crippen molar-refractivity contribution in [3.63, 3.8) is 0 Å². The molecule has 0 bridgehead atoms. The molecule has 8 heteroatoms. The average molecular weight is 443 g/mol. The van der Waals surface area contributed by atoms with Crippen molar-refractivity contribution < 1.29 is 13.6 Å². The number of fused-ring (bicyclic) bond motifs is 1. The third-order valence-corrected chi connectivity index (χ3v) is 7.34. The SMILES string of the molecule is O=C(C1CCN(c2nc3c(F)cccc3s2)CC1)N1CCN(c2ccc(F)cc2)CC1. The van der Waals surface area contributed by atoms with E-state index < -0.39 is 0 Å². The summed E-state index contributed by atoms with van der Waals surface area (Å²) in [6, 6.07) is 11.6. The number of amides is 1. The zero-order chi connectivity index (χ0) is 21.4. The highest BCUT2D eigenvalue weighted by atomic mass is 32.1. The summed E-state index contributed by atoms with van der Waals surface area (Å²) in [5.41, 5.74) is 1.42. The van der Waals surface area contributed by atoms with Gasteiger partial charge in [-0.1, -0.05) is 17.4 Å². The molecule has 5 nitrogen and oxygen atoms in total. The average Bonchev–Trinajstić information content (AvgIpc) is 3.25. The first-order chi connectivity index (χ1) is 15.1. The van der Waals surface area contributed by atoms with Crippen molar-refractivity contribution in [1.29, 1.82) is 0 Å². The van der Waals surface area contributed by atoms with Crippen LogP contribution in [0.1, 0.15) is 12.8 Å². The molecule has 31 heavy (non-hydrogen) atoms. The van der Waals surface area contributed by atoms with Crippen molar-refractivity contribution in [3.8, 4) is 0 Å². The third kappa shape index (κ3) is 4.08. The molecule has 0 saturated carbocycles. The van der Waals surface area contributed by atoms with Gasteiger partial charge in [0.1, 0.15) is 17.2 Å². The number of benzene rings is 2. The molecule has 0 unspecified atom stereocenters. The first-order valence-electron chi connectivity index (χ1n) is 10.7. The predicted octanol–water partition coefficient (Wildman–Crippen LogP) is 4.14. The van der Waals surface area contributed by atoms with Gasteiger partial charge in [0, 0.05) is 50.9 Å². The normalized spacial score (nSPS) is 18.1. The van der Waals surface area contributed by atoms with Gasteiger partial charge in [0.25, 0.3) is 0 Å². The van der Waals surface area contributed by atoms with Crippen LogP contribution in [-0.4, -0.2) is 55.1 Å². The quantitative estimate of drug-likeness (QED) is 0.611. The Hall–Kier alpha value is -2.74. The van der Waals surface area contributed by atoms with Gasteiger partial charge >= 0.3 is 0 Å². The molecule has 1 aromatic heterocycles. The Labute approximate surface area is 183 Å². The number of rotatable bonds is 3. The van der Waals surface area contributed by atoms with Gasteiger partial charge in [0.15, 0.2) is 5.13 Å². The van der Waals surface area contributed by atoms with Crippen LogP contribution in [0, 0.1) is 17.6 Å². The number of nitrogens with zero attached hydrogens (tertiary/aromatic N) is 4. The van der Waals surface area contributed by atoms with E-state index in [9.17, 15) is 13.6 Å². The van der Waals surface area contributed by atoms with E-state index in [1.807, 2.05) is 11.0 Å². The third-order valence-electron chi connectivity index (χ3n) is 6.26. The predicted molar refractivity (Wildman–Crippen MR) is 120 cm³/mol. The number of piperazine rings is 1. The number of carbonyl (C=O) groups excluding carboxylic acids is 1. The fraction of sp³-hybridized carbons (Fsp3) is 0.391. The molecule has 1 amide bonds. The van der Waals surface area contributed by atoms with E-state index in [-0.39, 0.29) is 23.5 Å². The maximum absolute atomic E-state index is 13.9. The van der Waals surface area contributed by atoms with Crippen LogP contribution in [0.25, 0.3) is 10.2 Å². The zero-order valence-corrected chi connectivity index (χ0v) is 18.0. The van der Waals surface area contributed by atoms with Crippen molar-refractivity contribution in [2.24, 2.45) is 5.92 Å². The highest BCUT2D eigenvalue weighted by Gasteiger charge is 2.31. The van der Waals surface area contributed by atoms with Gasteiger partial charge in [0.2, 0.25) is 5.91 Å². The first kappa shape index (κ1) is 20.2. The van der Waals surface area contributed by atoms with E-state index in [1.165, 1.54) is 29.5 Å². The Morgan fingerprint density at radius 3 is 2.29 bits per heavy atom. The second kappa shape index (κ2) is 8.42. The van der Waals surface area contributed by atoms with Crippen LogP contribution in [0.5, 0.6) is 0 Å². The number of hydrogen-bond acceptors (Lipinski definition) is 5. The molecule has 0 aliphatic carbocycles. The number of thiazole rings is 1. The highest BCUT2D eigenvalue weighted by Crippen LogP contribution is 2.33. The number of anilines is 2. The van der Waals surface area contributed by atoms with Gasteiger partial charge in [-0.15, -0.1) is 0 Å². The first-order valence-corrected chi connectivity index (χ1v) is 11.5. The lowest BCUT2D eigenvalue weighted by molar-refractivity contribution is -0.136. The fourth-order valence-electron chi connectivity index (χ4n) is 4.45. The molecule has 0 atom stereocenters. The van der Waals surface area contributed by atoms with Crippen LogP contribution in [0.3, 0.4) is 0 Å². The van der Waals surface area contributed by atoms with Crippen molar-refractivity contribution in [2.75, 3.05) is 49.1 Å². The fourth-order valence-corrected chi connectivity index (χ4v) is 5.48. The second-order valence-electron chi connectivity index (χ2n) is 8.13. The summed E-state index contributed by atoms with van der Waals surface area (Å²) >= 11 is 1.51. The van der Waals surface area contributed by atoms with E-state index in [1.54, 1.807) is 18.2 Å². The summed E-state index contributed by atoms with van der Waals surface area (Å²) in [5, 5.41) is 0.832. The van der Waals surface area contributed by atoms with Crippen molar-refractivity contribution in [1.82, 2.24) is 9.88 Å². The molecule has 3 heterocycles. The number of carbonyl (C=O) groups is 1. The van der Waals surface area contributed by atoms with Gasteiger partial charge < -0.3 is 14.7 Å². The van der Waals surface area contributed by atoms with Gasteiger partial charge in [0.05, 0.1) is 4.70 Å². The van der Waals surface area contributed by atoms with Crippen LogP contribution in [0.15, 0.2) is 42.5 Å². The Morgan fingerprint density at radius 2 is 1.61 bits per heavy atom. The second-order valence-corrected chi connectivity index (χ2v) is 9.14.